The highest BCUT2D eigenvalue weighted by atomic mass is 16.6. The molecule has 2 saturated heterocycles. The predicted octanol–water partition coefficient (Wildman–Crippen LogP) is 5.68. The van der Waals surface area contributed by atoms with Crippen molar-refractivity contribution in [1.82, 2.24) is 34.9 Å². The van der Waals surface area contributed by atoms with E-state index in [4.69, 9.17) is 9.72 Å². The van der Waals surface area contributed by atoms with E-state index in [1.165, 1.54) is 5.56 Å². The largest absolute Gasteiger partial charge is 0.444 e. The SMILES string of the molecule is CC(C)(C)OC(=O)N1CCC(c2ccc3ncc(-c4cnn(CCCCCCNc5ccc6c(c5)C(=O)N(C5CCC(=O)NC5=O)C6=O)c4)nc3c2)CC1. The Kier molecular flexibility index (Phi) is 10.4. The first-order valence-electron chi connectivity index (χ1n) is 18.8. The molecule has 3 aliphatic rings. The molecule has 54 heavy (non-hydrogen) atoms. The van der Waals surface area contributed by atoms with Crippen LogP contribution in [0.2, 0.25) is 0 Å². The van der Waals surface area contributed by atoms with E-state index in [1.807, 2.05) is 43.9 Å². The molecule has 14 heteroatoms. The second-order valence-corrected chi connectivity index (χ2v) is 15.3. The number of ether oxygens (including phenoxy) is 1. The molecule has 14 nitrogen and oxygen atoms in total. The van der Waals surface area contributed by atoms with Crippen molar-refractivity contribution in [1.29, 1.82) is 0 Å². The molecule has 1 unspecified atom stereocenters. The van der Waals surface area contributed by atoms with Crippen molar-refractivity contribution in [3.63, 3.8) is 0 Å². The third-order valence-electron chi connectivity index (χ3n) is 10.2. The fourth-order valence-corrected chi connectivity index (χ4v) is 7.33. The summed E-state index contributed by atoms with van der Waals surface area (Å²) < 4.78 is 7.49. The smallest absolute Gasteiger partial charge is 0.410 e. The Bertz CT molecular complexity index is 2100. The maximum atomic E-state index is 13.1. The number of nitrogens with one attached hydrogen (secondary N) is 2. The minimum absolute atomic E-state index is 0.0872. The van der Waals surface area contributed by atoms with Gasteiger partial charge in [-0.15, -0.1) is 0 Å². The number of unbranched alkanes of at least 4 members (excludes halogenated alkanes) is 3. The monoisotopic (exact) mass is 734 g/mol. The Morgan fingerprint density at radius 2 is 1.69 bits per heavy atom. The molecule has 3 aliphatic heterocycles. The van der Waals surface area contributed by atoms with Crippen molar-refractivity contribution in [2.24, 2.45) is 0 Å². The highest BCUT2D eigenvalue weighted by Gasteiger charge is 2.44. The number of rotatable bonds is 11. The summed E-state index contributed by atoms with van der Waals surface area (Å²) in [4.78, 5) is 74.8. The standard InChI is InChI=1S/C40H46N8O6/c1-40(2,3)54-39(53)46-18-14-25(15-19-46)26-8-11-31-32(20-26)44-33(23-42-31)27-22-43-47(24-27)17-7-5-4-6-16-41-28-9-10-29-30(21-28)38(52)48(37(29)51)34-12-13-35(49)45-36(34)50/h8-11,20-25,34,41H,4-7,12-19H2,1-3H3,(H,45,49,50). The number of amides is 5. The molecule has 0 aliphatic carbocycles. The molecule has 7 rings (SSSR count). The summed E-state index contributed by atoms with van der Waals surface area (Å²) in [7, 11) is 0. The summed E-state index contributed by atoms with van der Waals surface area (Å²) in [5.41, 5.74) is 5.35. The number of hydrogen-bond donors (Lipinski definition) is 2. The van der Waals surface area contributed by atoms with E-state index in [0.29, 0.717) is 25.6 Å². The van der Waals surface area contributed by atoms with E-state index in [1.54, 1.807) is 29.3 Å². The number of piperidine rings is 2. The van der Waals surface area contributed by atoms with Crippen molar-refractivity contribution in [3.05, 3.63) is 71.7 Å². The fourth-order valence-electron chi connectivity index (χ4n) is 7.33. The van der Waals surface area contributed by atoms with E-state index in [9.17, 15) is 24.0 Å². The van der Waals surface area contributed by atoms with E-state index in [0.717, 1.165) is 77.9 Å². The zero-order valence-corrected chi connectivity index (χ0v) is 31.0. The number of benzene rings is 2. The Hall–Kier alpha value is -5.66. The van der Waals surface area contributed by atoms with Crippen LogP contribution in [0.4, 0.5) is 10.5 Å². The van der Waals surface area contributed by atoms with Crippen LogP contribution in [0.5, 0.6) is 0 Å². The van der Waals surface area contributed by atoms with Crippen LogP contribution in [0.25, 0.3) is 22.3 Å². The minimum atomic E-state index is -0.976. The van der Waals surface area contributed by atoms with Crippen molar-refractivity contribution >= 4 is 46.4 Å². The van der Waals surface area contributed by atoms with Crippen LogP contribution in [-0.4, -0.2) is 90.5 Å². The van der Waals surface area contributed by atoms with Gasteiger partial charge in [-0.05, 0) is 94.7 Å². The Balaban J connectivity index is 0.850. The number of carbonyl (C=O) groups excluding carboxylic acids is 5. The normalized spacial score (nSPS) is 17.9. The van der Waals surface area contributed by atoms with Gasteiger partial charge in [0.25, 0.3) is 11.8 Å². The second-order valence-electron chi connectivity index (χ2n) is 15.3. The zero-order valence-electron chi connectivity index (χ0n) is 31.0. The lowest BCUT2D eigenvalue weighted by Gasteiger charge is -2.33. The molecule has 2 aromatic heterocycles. The third kappa shape index (κ3) is 8.12. The molecular formula is C40H46N8O6. The molecule has 0 saturated carbocycles. The van der Waals surface area contributed by atoms with Crippen LogP contribution in [0, 0.1) is 0 Å². The van der Waals surface area contributed by atoms with Gasteiger partial charge in [0.15, 0.2) is 0 Å². The van der Waals surface area contributed by atoms with Crippen LogP contribution >= 0.6 is 0 Å². The number of aryl methyl sites for hydroxylation is 1. The Morgan fingerprint density at radius 1 is 0.907 bits per heavy atom. The molecule has 2 aromatic carbocycles. The number of carbonyl (C=O) groups is 5. The molecule has 0 spiro atoms. The number of imide groups is 2. The van der Waals surface area contributed by atoms with Gasteiger partial charge in [-0.1, -0.05) is 18.9 Å². The second kappa shape index (κ2) is 15.4. The fraction of sp³-hybridized carbons (Fsp3) is 0.450. The number of aromatic nitrogens is 4. The minimum Gasteiger partial charge on any atom is -0.444 e. The number of anilines is 1. The summed E-state index contributed by atoms with van der Waals surface area (Å²) in [6.45, 7) is 8.48. The molecule has 4 aromatic rings. The van der Waals surface area contributed by atoms with E-state index >= 15 is 0 Å². The van der Waals surface area contributed by atoms with Gasteiger partial charge in [-0.25, -0.2) is 9.78 Å². The first-order chi connectivity index (χ1) is 25.9. The summed E-state index contributed by atoms with van der Waals surface area (Å²) >= 11 is 0. The summed E-state index contributed by atoms with van der Waals surface area (Å²) in [5.74, 6) is -1.70. The average molecular weight is 735 g/mol. The Morgan fingerprint density at radius 3 is 2.46 bits per heavy atom. The van der Waals surface area contributed by atoms with Crippen LogP contribution in [0.1, 0.15) is 104 Å². The Labute approximate surface area is 313 Å². The first kappa shape index (κ1) is 36.7. The molecule has 0 bridgehead atoms. The maximum absolute atomic E-state index is 13.1. The highest BCUT2D eigenvalue weighted by molar-refractivity contribution is 6.23. The molecular weight excluding hydrogens is 688 g/mol. The van der Waals surface area contributed by atoms with Crippen LogP contribution in [0.3, 0.4) is 0 Å². The maximum Gasteiger partial charge on any atom is 0.410 e. The van der Waals surface area contributed by atoms with Gasteiger partial charge < -0.3 is 15.0 Å². The molecule has 5 amide bonds. The number of likely N-dealkylation sites (tertiary alicyclic amines) is 1. The first-order valence-corrected chi connectivity index (χ1v) is 18.8. The van der Waals surface area contributed by atoms with E-state index in [-0.39, 0.29) is 30.1 Å². The lowest BCUT2D eigenvalue weighted by molar-refractivity contribution is -0.136. The van der Waals surface area contributed by atoms with Crippen LogP contribution in [0.15, 0.2) is 55.0 Å². The summed E-state index contributed by atoms with van der Waals surface area (Å²) in [6, 6.07) is 10.3. The number of fused-ring (bicyclic) bond motifs is 2. The molecule has 2 fully saturated rings. The zero-order chi connectivity index (χ0) is 38.0. The molecule has 0 radical (unpaired) electrons. The molecule has 5 heterocycles. The van der Waals surface area contributed by atoms with Crippen LogP contribution < -0.4 is 10.6 Å². The topological polar surface area (TPSA) is 169 Å². The van der Waals surface area contributed by atoms with Crippen LogP contribution in [-0.2, 0) is 20.9 Å². The quantitative estimate of drug-likeness (QED) is 0.144. The van der Waals surface area contributed by atoms with Gasteiger partial charge >= 0.3 is 6.09 Å². The average Bonchev–Trinajstić information content (AvgIpc) is 3.72. The molecule has 1 atom stereocenters. The number of hydrogen-bond acceptors (Lipinski definition) is 10. The van der Waals surface area contributed by atoms with Gasteiger partial charge in [-0.2, -0.15) is 5.10 Å². The van der Waals surface area contributed by atoms with Crippen molar-refractivity contribution in [3.8, 4) is 11.3 Å². The summed E-state index contributed by atoms with van der Waals surface area (Å²) in [5, 5.41) is 10.1. The number of nitrogens with zero attached hydrogens (tertiary/aromatic N) is 6. The lowest BCUT2D eigenvalue weighted by atomic mass is 9.89. The lowest BCUT2D eigenvalue weighted by Crippen LogP contribution is -2.54. The molecule has 2 N–H and O–H groups in total. The highest BCUT2D eigenvalue weighted by Crippen LogP contribution is 2.32. The van der Waals surface area contributed by atoms with Crippen molar-refractivity contribution < 1.29 is 28.7 Å². The van der Waals surface area contributed by atoms with Crippen molar-refractivity contribution in [2.45, 2.75) is 96.2 Å². The van der Waals surface area contributed by atoms with E-state index in [2.05, 4.69) is 32.8 Å². The van der Waals surface area contributed by atoms with Gasteiger partial charge in [0.05, 0.1) is 40.2 Å². The van der Waals surface area contributed by atoms with Gasteiger partial charge in [0.1, 0.15) is 11.6 Å². The van der Waals surface area contributed by atoms with Gasteiger partial charge in [0.2, 0.25) is 11.8 Å². The third-order valence-corrected chi connectivity index (χ3v) is 10.2. The van der Waals surface area contributed by atoms with Crippen molar-refractivity contribution in [2.75, 3.05) is 25.0 Å². The van der Waals surface area contributed by atoms with Gasteiger partial charge in [0, 0.05) is 50.0 Å². The summed E-state index contributed by atoms with van der Waals surface area (Å²) in [6.07, 6.45) is 11.2. The van der Waals surface area contributed by atoms with E-state index < -0.39 is 35.3 Å². The van der Waals surface area contributed by atoms with Gasteiger partial charge in [-0.3, -0.25) is 39.1 Å². The predicted molar refractivity (Wildman–Crippen MR) is 201 cm³/mol. The molecule has 282 valence electrons.